The zero-order chi connectivity index (χ0) is 13.2. The summed E-state index contributed by atoms with van der Waals surface area (Å²) in [5.74, 6) is 0. The number of nitrogens with one attached hydrogen (secondary N) is 2. The second-order valence-corrected chi connectivity index (χ2v) is 6.47. The van der Waals surface area contributed by atoms with Gasteiger partial charge in [0.1, 0.15) is 4.90 Å². The lowest BCUT2D eigenvalue weighted by molar-refractivity contribution is 0.580. The molecule has 0 saturated heterocycles. The first kappa shape index (κ1) is 13.2. The number of rotatable bonds is 5. The highest BCUT2D eigenvalue weighted by atomic mass is 32.2. The summed E-state index contributed by atoms with van der Waals surface area (Å²) in [4.78, 5) is 1.11. The number of thiophene rings is 1. The second kappa shape index (κ2) is 5.19. The predicted octanol–water partition coefficient (Wildman–Crippen LogP) is 0.717. The molecule has 0 aliphatic rings. The van der Waals surface area contributed by atoms with Crippen LogP contribution < -0.4 is 10.5 Å². The first-order valence-corrected chi connectivity index (χ1v) is 7.67. The van der Waals surface area contributed by atoms with Gasteiger partial charge < -0.3 is 5.73 Å². The van der Waals surface area contributed by atoms with Crippen molar-refractivity contribution >= 4 is 21.4 Å². The molecule has 0 aliphatic carbocycles. The van der Waals surface area contributed by atoms with E-state index in [0.717, 1.165) is 4.88 Å². The molecule has 0 spiro atoms. The van der Waals surface area contributed by atoms with Gasteiger partial charge in [0.15, 0.2) is 0 Å². The van der Waals surface area contributed by atoms with Crippen LogP contribution in [-0.2, 0) is 23.1 Å². The summed E-state index contributed by atoms with van der Waals surface area (Å²) in [5.41, 5.74) is 6.33. The summed E-state index contributed by atoms with van der Waals surface area (Å²) in [6, 6.07) is 3.75. The Balaban J connectivity index is 2.22. The Bertz CT molecular complexity index is 616. The Labute approximate surface area is 109 Å². The van der Waals surface area contributed by atoms with Gasteiger partial charge in [-0.05, 0) is 18.4 Å². The number of aromatic nitrogens is 2. The van der Waals surface area contributed by atoms with Gasteiger partial charge in [-0.3, -0.25) is 5.10 Å². The number of sulfonamides is 1. The van der Waals surface area contributed by atoms with E-state index in [1.807, 2.05) is 17.5 Å². The molecule has 0 amide bonds. The van der Waals surface area contributed by atoms with E-state index in [-0.39, 0.29) is 18.0 Å². The summed E-state index contributed by atoms with van der Waals surface area (Å²) < 4.78 is 26.9. The molecule has 2 aromatic rings. The van der Waals surface area contributed by atoms with Gasteiger partial charge in [-0.2, -0.15) is 5.10 Å². The van der Waals surface area contributed by atoms with Gasteiger partial charge in [-0.25, -0.2) is 13.1 Å². The lowest BCUT2D eigenvalue weighted by Crippen LogP contribution is -2.24. The highest BCUT2D eigenvalue weighted by Gasteiger charge is 2.23. The van der Waals surface area contributed by atoms with E-state index in [4.69, 9.17) is 5.73 Å². The van der Waals surface area contributed by atoms with Crippen LogP contribution in [0.3, 0.4) is 0 Å². The van der Waals surface area contributed by atoms with Crippen molar-refractivity contribution in [1.82, 2.24) is 14.9 Å². The van der Waals surface area contributed by atoms with Gasteiger partial charge in [0, 0.05) is 18.0 Å². The lowest BCUT2D eigenvalue weighted by atomic mass is 10.4. The second-order valence-electron chi connectivity index (χ2n) is 3.73. The van der Waals surface area contributed by atoms with Crippen molar-refractivity contribution in [2.24, 2.45) is 5.73 Å². The van der Waals surface area contributed by atoms with Gasteiger partial charge in [-0.1, -0.05) is 6.07 Å². The molecule has 0 fully saturated rings. The molecule has 0 bridgehead atoms. The molecule has 0 radical (unpaired) electrons. The predicted molar refractivity (Wildman–Crippen MR) is 69.6 cm³/mol. The average Bonchev–Trinajstić information content (AvgIpc) is 2.95. The molecule has 8 heteroatoms. The molecule has 2 rings (SSSR count). The summed E-state index contributed by atoms with van der Waals surface area (Å²) in [7, 11) is -3.58. The van der Waals surface area contributed by atoms with Gasteiger partial charge in [0.25, 0.3) is 0 Å². The van der Waals surface area contributed by atoms with Crippen molar-refractivity contribution < 1.29 is 8.42 Å². The van der Waals surface area contributed by atoms with Crippen LogP contribution in [0.1, 0.15) is 16.3 Å². The first-order chi connectivity index (χ1) is 8.54. The van der Waals surface area contributed by atoms with Gasteiger partial charge in [0.05, 0.1) is 11.4 Å². The third-order valence-corrected chi connectivity index (χ3v) is 4.92. The Morgan fingerprint density at radius 2 is 2.33 bits per heavy atom. The van der Waals surface area contributed by atoms with Crippen molar-refractivity contribution in [2.45, 2.75) is 24.9 Å². The first-order valence-electron chi connectivity index (χ1n) is 5.30. The quantitative estimate of drug-likeness (QED) is 0.753. The number of nitrogens with two attached hydrogens (primary N) is 1. The number of hydrogen-bond donors (Lipinski definition) is 3. The highest BCUT2D eigenvalue weighted by Crippen LogP contribution is 2.18. The van der Waals surface area contributed by atoms with E-state index in [9.17, 15) is 8.42 Å². The molecule has 0 aliphatic heterocycles. The molecule has 0 unspecified atom stereocenters. The largest absolute Gasteiger partial charge is 0.325 e. The van der Waals surface area contributed by atoms with Crippen LogP contribution in [0.2, 0.25) is 0 Å². The summed E-state index contributed by atoms with van der Waals surface area (Å²) >= 11 is 1.50. The lowest BCUT2D eigenvalue weighted by Gasteiger charge is -2.06. The molecule has 0 saturated carbocycles. The Morgan fingerprint density at radius 3 is 2.94 bits per heavy atom. The molecular weight excluding hydrogens is 272 g/mol. The standard InChI is InChI=1S/C10H14N4O2S2/c1-7-10(9(5-11)14-13-7)18(15,16)12-6-8-3-2-4-17-8/h2-4,12H,5-6,11H2,1H3,(H,13,14). The van der Waals surface area contributed by atoms with Crippen LogP contribution in [0.4, 0.5) is 0 Å². The number of hydrogen-bond acceptors (Lipinski definition) is 5. The monoisotopic (exact) mass is 286 g/mol. The molecule has 6 nitrogen and oxygen atoms in total. The van der Waals surface area contributed by atoms with E-state index in [0.29, 0.717) is 11.4 Å². The van der Waals surface area contributed by atoms with Crippen molar-refractivity contribution in [3.8, 4) is 0 Å². The van der Waals surface area contributed by atoms with Crippen molar-refractivity contribution in [3.63, 3.8) is 0 Å². The summed E-state index contributed by atoms with van der Waals surface area (Å²) in [5, 5.41) is 8.42. The van der Waals surface area contributed by atoms with E-state index >= 15 is 0 Å². The third-order valence-electron chi connectivity index (χ3n) is 2.44. The molecule has 4 N–H and O–H groups in total. The minimum atomic E-state index is -3.58. The summed E-state index contributed by atoms with van der Waals surface area (Å²) in [6.45, 7) is 2.01. The molecule has 0 atom stereocenters. The van der Waals surface area contributed by atoms with Crippen molar-refractivity contribution in [3.05, 3.63) is 33.8 Å². The zero-order valence-electron chi connectivity index (χ0n) is 9.80. The molecular formula is C10H14N4O2S2. The molecule has 0 aromatic carbocycles. The van der Waals surface area contributed by atoms with Crippen molar-refractivity contribution in [1.29, 1.82) is 0 Å². The fourth-order valence-electron chi connectivity index (χ4n) is 1.62. The zero-order valence-corrected chi connectivity index (χ0v) is 11.4. The maximum absolute atomic E-state index is 12.2. The molecule has 98 valence electrons. The fraction of sp³-hybridized carbons (Fsp3) is 0.300. The normalized spacial score (nSPS) is 11.9. The average molecular weight is 286 g/mol. The minimum Gasteiger partial charge on any atom is -0.325 e. The van der Waals surface area contributed by atoms with Crippen LogP contribution in [0.15, 0.2) is 22.4 Å². The van der Waals surface area contributed by atoms with Crippen LogP contribution in [0.5, 0.6) is 0 Å². The van der Waals surface area contributed by atoms with Gasteiger partial charge >= 0.3 is 0 Å². The maximum atomic E-state index is 12.2. The highest BCUT2D eigenvalue weighted by molar-refractivity contribution is 7.89. The SMILES string of the molecule is Cc1[nH]nc(CN)c1S(=O)(=O)NCc1cccs1. The third kappa shape index (κ3) is 2.61. The van der Waals surface area contributed by atoms with E-state index in [2.05, 4.69) is 14.9 Å². The van der Waals surface area contributed by atoms with E-state index in [1.165, 1.54) is 11.3 Å². The van der Waals surface area contributed by atoms with Crippen LogP contribution in [-0.4, -0.2) is 18.6 Å². The molecule has 2 aromatic heterocycles. The Hall–Kier alpha value is -1.22. The van der Waals surface area contributed by atoms with Gasteiger partial charge in [-0.15, -0.1) is 11.3 Å². The van der Waals surface area contributed by atoms with Crippen LogP contribution in [0, 0.1) is 6.92 Å². The Morgan fingerprint density at radius 1 is 1.56 bits per heavy atom. The number of aryl methyl sites for hydroxylation is 1. The minimum absolute atomic E-state index is 0.0829. The van der Waals surface area contributed by atoms with E-state index < -0.39 is 10.0 Å². The fourth-order valence-corrected chi connectivity index (χ4v) is 3.73. The van der Waals surface area contributed by atoms with E-state index in [1.54, 1.807) is 6.92 Å². The topological polar surface area (TPSA) is 101 Å². The number of H-pyrrole nitrogens is 1. The van der Waals surface area contributed by atoms with Gasteiger partial charge in [0.2, 0.25) is 10.0 Å². The Kier molecular flexibility index (Phi) is 3.81. The molecule has 2 heterocycles. The molecule has 18 heavy (non-hydrogen) atoms. The van der Waals surface area contributed by atoms with Crippen LogP contribution in [0.25, 0.3) is 0 Å². The smallest absolute Gasteiger partial charge is 0.244 e. The maximum Gasteiger partial charge on any atom is 0.244 e. The number of aromatic amines is 1. The van der Waals surface area contributed by atoms with Crippen LogP contribution >= 0.6 is 11.3 Å². The summed E-state index contributed by atoms with van der Waals surface area (Å²) in [6.07, 6.45) is 0. The number of nitrogens with zero attached hydrogens (tertiary/aromatic N) is 1. The van der Waals surface area contributed by atoms with Crippen molar-refractivity contribution in [2.75, 3.05) is 0 Å².